The molecule has 84 valence electrons. The van der Waals surface area contributed by atoms with Crippen LogP contribution in [0.2, 0.25) is 0 Å². The number of hydrogen-bond donors (Lipinski definition) is 2. The van der Waals surface area contributed by atoms with Crippen molar-refractivity contribution in [2.75, 3.05) is 13.2 Å². The van der Waals surface area contributed by atoms with Crippen LogP contribution >= 0.6 is 11.3 Å². The molecule has 0 unspecified atom stereocenters. The molecule has 5 nitrogen and oxygen atoms in total. The number of thiazole rings is 1. The third-order valence-corrected chi connectivity index (χ3v) is 2.87. The van der Waals surface area contributed by atoms with E-state index in [4.69, 9.17) is 5.73 Å². The number of hydrogen-bond acceptors (Lipinski definition) is 5. The van der Waals surface area contributed by atoms with Crippen LogP contribution in [0.1, 0.15) is 16.8 Å². The van der Waals surface area contributed by atoms with Gasteiger partial charge < -0.3 is 15.8 Å². The molecule has 0 bridgehead atoms. The summed E-state index contributed by atoms with van der Waals surface area (Å²) in [6.45, 7) is 3.73. The molecule has 1 amide bonds. The minimum Gasteiger partial charge on any atom is -0.448 e. The maximum absolute atomic E-state index is 10.2. The lowest BCUT2D eigenvalue weighted by atomic mass is 10.5. The summed E-state index contributed by atoms with van der Waals surface area (Å²) in [7, 11) is 0. The quantitative estimate of drug-likeness (QED) is 0.710. The minimum absolute atomic E-state index is 0.300. The van der Waals surface area contributed by atoms with Crippen LogP contribution < -0.4 is 11.1 Å². The van der Waals surface area contributed by atoms with E-state index in [1.54, 1.807) is 11.3 Å². The maximum Gasteiger partial charge on any atom is 0.404 e. The Morgan fingerprint density at radius 1 is 1.73 bits per heavy atom. The predicted molar refractivity (Wildman–Crippen MR) is 58.7 cm³/mol. The van der Waals surface area contributed by atoms with E-state index in [9.17, 15) is 4.79 Å². The first kappa shape index (κ1) is 11.9. The number of nitrogens with two attached hydrogens (primary N) is 1. The van der Waals surface area contributed by atoms with Crippen LogP contribution in [0.3, 0.4) is 0 Å². The minimum atomic E-state index is -0.733. The summed E-state index contributed by atoms with van der Waals surface area (Å²) in [5.74, 6) is 0. The zero-order valence-corrected chi connectivity index (χ0v) is 9.47. The van der Waals surface area contributed by atoms with Crippen LogP contribution in [0.25, 0.3) is 0 Å². The number of amides is 1. The average molecular weight is 229 g/mol. The smallest absolute Gasteiger partial charge is 0.404 e. The lowest BCUT2D eigenvalue weighted by Crippen LogP contribution is -2.22. The van der Waals surface area contributed by atoms with Gasteiger partial charge in [0.05, 0.1) is 5.01 Å². The Morgan fingerprint density at radius 3 is 3.13 bits per heavy atom. The van der Waals surface area contributed by atoms with Crippen LogP contribution in [-0.4, -0.2) is 24.2 Å². The monoisotopic (exact) mass is 229 g/mol. The molecule has 1 heterocycles. The summed E-state index contributed by atoms with van der Waals surface area (Å²) >= 11 is 1.69. The lowest BCUT2D eigenvalue weighted by Gasteiger charge is -2.02. The summed E-state index contributed by atoms with van der Waals surface area (Å²) in [6.07, 6.45) is 2.10. The fraction of sp³-hybridized carbons (Fsp3) is 0.556. The van der Waals surface area contributed by atoms with E-state index in [1.165, 1.54) is 4.88 Å². The second-order valence-corrected chi connectivity index (χ2v) is 4.12. The van der Waals surface area contributed by atoms with Crippen molar-refractivity contribution in [1.29, 1.82) is 0 Å². The van der Waals surface area contributed by atoms with E-state index in [1.807, 2.05) is 6.20 Å². The molecule has 1 rings (SSSR count). The Bertz CT molecular complexity index is 314. The van der Waals surface area contributed by atoms with Gasteiger partial charge in [0.2, 0.25) is 0 Å². The van der Waals surface area contributed by atoms with Crippen LogP contribution in [-0.2, 0) is 17.7 Å². The van der Waals surface area contributed by atoms with Gasteiger partial charge in [-0.25, -0.2) is 9.78 Å². The number of nitrogens with one attached hydrogen (secondary N) is 1. The fourth-order valence-electron chi connectivity index (χ4n) is 1.03. The number of aryl methyl sites for hydroxylation is 1. The summed E-state index contributed by atoms with van der Waals surface area (Å²) in [5, 5.41) is 4.27. The number of nitrogens with zero attached hydrogens (tertiary/aromatic N) is 1. The van der Waals surface area contributed by atoms with Crippen molar-refractivity contribution >= 4 is 17.4 Å². The number of carbonyl (C=O) groups is 1. The molecule has 3 N–H and O–H groups in total. The Labute approximate surface area is 92.6 Å². The van der Waals surface area contributed by atoms with Crippen molar-refractivity contribution in [3.8, 4) is 0 Å². The van der Waals surface area contributed by atoms with Crippen molar-refractivity contribution in [3.05, 3.63) is 16.1 Å². The number of rotatable bonds is 6. The highest BCUT2D eigenvalue weighted by molar-refractivity contribution is 7.11. The molecular formula is C9H15N3O2S. The molecule has 15 heavy (non-hydrogen) atoms. The molecule has 0 aromatic carbocycles. The molecule has 0 aliphatic heterocycles. The first-order chi connectivity index (χ1) is 7.22. The molecular weight excluding hydrogens is 214 g/mol. The van der Waals surface area contributed by atoms with Crippen molar-refractivity contribution in [2.24, 2.45) is 5.73 Å². The van der Waals surface area contributed by atoms with Crippen molar-refractivity contribution in [2.45, 2.75) is 19.9 Å². The molecule has 0 fully saturated rings. The second kappa shape index (κ2) is 6.36. The lowest BCUT2D eigenvalue weighted by molar-refractivity contribution is 0.157. The van der Waals surface area contributed by atoms with Gasteiger partial charge in [-0.3, -0.25) is 0 Å². The van der Waals surface area contributed by atoms with Crippen molar-refractivity contribution in [1.82, 2.24) is 10.3 Å². The highest BCUT2D eigenvalue weighted by Gasteiger charge is 1.99. The van der Waals surface area contributed by atoms with Gasteiger partial charge in [0.1, 0.15) is 6.61 Å². The standard InChI is InChI=1S/C9H15N3O2S/c1-2-8-12-6-7(15-8)5-11-3-4-14-9(10)13/h6,11H,2-5H2,1H3,(H2,10,13). The van der Waals surface area contributed by atoms with Gasteiger partial charge >= 0.3 is 6.09 Å². The summed E-state index contributed by atoms with van der Waals surface area (Å²) < 4.78 is 4.57. The first-order valence-electron chi connectivity index (χ1n) is 4.79. The van der Waals surface area contributed by atoms with E-state index in [0.717, 1.165) is 18.0 Å². The van der Waals surface area contributed by atoms with Crippen LogP contribution in [0.5, 0.6) is 0 Å². The largest absolute Gasteiger partial charge is 0.448 e. The Hall–Kier alpha value is -1.14. The molecule has 1 aromatic rings. The first-order valence-corrected chi connectivity index (χ1v) is 5.60. The van der Waals surface area contributed by atoms with E-state index in [0.29, 0.717) is 13.2 Å². The number of primary amides is 1. The van der Waals surface area contributed by atoms with Gasteiger partial charge in [0, 0.05) is 24.2 Å². The van der Waals surface area contributed by atoms with Crippen LogP contribution in [0.15, 0.2) is 6.20 Å². The molecule has 0 aliphatic carbocycles. The van der Waals surface area contributed by atoms with Crippen LogP contribution in [0.4, 0.5) is 4.79 Å². The molecule has 0 saturated carbocycles. The molecule has 0 atom stereocenters. The average Bonchev–Trinajstić information content (AvgIpc) is 2.65. The van der Waals surface area contributed by atoms with E-state index < -0.39 is 6.09 Å². The SMILES string of the molecule is CCc1ncc(CNCCOC(N)=O)s1. The normalized spacial score (nSPS) is 10.2. The highest BCUT2D eigenvalue weighted by Crippen LogP contribution is 2.12. The summed E-state index contributed by atoms with van der Waals surface area (Å²) in [5.41, 5.74) is 4.81. The zero-order chi connectivity index (χ0) is 11.1. The van der Waals surface area contributed by atoms with Crippen LogP contribution in [0, 0.1) is 0 Å². The molecule has 0 spiro atoms. The van der Waals surface area contributed by atoms with Gasteiger partial charge in [0.25, 0.3) is 0 Å². The van der Waals surface area contributed by atoms with E-state index in [-0.39, 0.29) is 0 Å². The number of carbonyl (C=O) groups excluding carboxylic acids is 1. The fourth-order valence-corrected chi connectivity index (χ4v) is 1.86. The number of ether oxygens (including phenoxy) is 1. The molecule has 6 heteroatoms. The third-order valence-electron chi connectivity index (χ3n) is 1.73. The summed E-state index contributed by atoms with van der Waals surface area (Å²) in [4.78, 5) is 15.7. The molecule has 0 radical (unpaired) electrons. The third kappa shape index (κ3) is 4.75. The van der Waals surface area contributed by atoms with Gasteiger partial charge in [-0.05, 0) is 6.42 Å². The molecule has 0 saturated heterocycles. The molecule has 0 aliphatic rings. The van der Waals surface area contributed by atoms with Crippen molar-refractivity contribution < 1.29 is 9.53 Å². The van der Waals surface area contributed by atoms with Gasteiger partial charge in [-0.15, -0.1) is 11.3 Å². The predicted octanol–water partition coefficient (Wildman–Crippen LogP) is 0.890. The Morgan fingerprint density at radius 2 is 2.53 bits per heavy atom. The van der Waals surface area contributed by atoms with Crippen molar-refractivity contribution in [3.63, 3.8) is 0 Å². The van der Waals surface area contributed by atoms with E-state index >= 15 is 0 Å². The number of aromatic nitrogens is 1. The zero-order valence-electron chi connectivity index (χ0n) is 8.66. The molecule has 1 aromatic heterocycles. The Balaban J connectivity index is 2.12. The summed E-state index contributed by atoms with van der Waals surface area (Å²) in [6, 6.07) is 0. The Kier molecular flexibility index (Phi) is 5.06. The topological polar surface area (TPSA) is 77.2 Å². The van der Waals surface area contributed by atoms with Gasteiger partial charge in [-0.2, -0.15) is 0 Å². The van der Waals surface area contributed by atoms with E-state index in [2.05, 4.69) is 22.0 Å². The highest BCUT2D eigenvalue weighted by atomic mass is 32.1. The van der Waals surface area contributed by atoms with Gasteiger partial charge in [0.15, 0.2) is 0 Å². The second-order valence-electron chi connectivity index (χ2n) is 2.92. The van der Waals surface area contributed by atoms with Gasteiger partial charge in [-0.1, -0.05) is 6.92 Å². The maximum atomic E-state index is 10.2.